The maximum atomic E-state index is 5.28. The van der Waals surface area contributed by atoms with Gasteiger partial charge < -0.3 is 15.2 Å². The lowest BCUT2D eigenvalue weighted by atomic mass is 9.99. The van der Waals surface area contributed by atoms with Crippen LogP contribution in [0.1, 0.15) is 76.8 Å². The van der Waals surface area contributed by atoms with Crippen LogP contribution in [0.15, 0.2) is 60.7 Å². The average molecular weight is 534 g/mol. The maximum absolute atomic E-state index is 5.28. The van der Waals surface area contributed by atoms with Crippen molar-refractivity contribution in [3.63, 3.8) is 0 Å². The first kappa shape index (κ1) is 26.8. The second kappa shape index (κ2) is 11.2. The Balaban J connectivity index is 1.45. The molecule has 5 aromatic rings. The SMILES string of the molecule is CCCCc1nc2c(NC(C)(C)C)nc3ccccc3c2n1Cc1ccc(CNCCC2CC2)c2ccccc12. The van der Waals surface area contributed by atoms with E-state index < -0.39 is 0 Å². The number of aryl methyl sites for hydroxylation is 1. The van der Waals surface area contributed by atoms with Gasteiger partial charge in [-0.25, -0.2) is 9.97 Å². The topological polar surface area (TPSA) is 54.8 Å². The molecular weight excluding hydrogens is 490 g/mol. The first-order valence-electron chi connectivity index (χ1n) is 15.2. The Labute approximate surface area is 238 Å². The largest absolute Gasteiger partial charge is 0.364 e. The van der Waals surface area contributed by atoms with Gasteiger partial charge in [-0.15, -0.1) is 0 Å². The Morgan fingerprint density at radius 1 is 0.875 bits per heavy atom. The standard InChI is InChI=1S/C35H43N5/c1-5-6-15-31-38-32-33(29-13-9-10-14-30(29)37-34(32)39-35(2,3)4)40(31)23-26-19-18-25(22-36-21-20-24-16-17-24)27-11-7-8-12-28(26)27/h7-14,18-19,24,36H,5-6,15-17,20-23H2,1-4H3,(H,37,39). The minimum Gasteiger partial charge on any atom is -0.364 e. The van der Waals surface area contributed by atoms with Gasteiger partial charge >= 0.3 is 0 Å². The summed E-state index contributed by atoms with van der Waals surface area (Å²) in [5, 5.41) is 11.2. The molecular formula is C35H43N5. The summed E-state index contributed by atoms with van der Waals surface area (Å²) in [6.07, 6.45) is 7.35. The number of para-hydroxylation sites is 1. The van der Waals surface area contributed by atoms with Gasteiger partial charge in [-0.3, -0.25) is 0 Å². The molecule has 0 spiro atoms. The van der Waals surface area contributed by atoms with E-state index in [2.05, 4.69) is 104 Å². The second-order valence-corrected chi connectivity index (χ2v) is 12.6. The number of aromatic nitrogens is 3. The molecule has 0 bridgehead atoms. The molecule has 1 fully saturated rings. The minimum atomic E-state index is -0.117. The van der Waals surface area contributed by atoms with E-state index in [0.29, 0.717) is 0 Å². The van der Waals surface area contributed by atoms with Gasteiger partial charge in [-0.1, -0.05) is 80.8 Å². The molecule has 40 heavy (non-hydrogen) atoms. The highest BCUT2D eigenvalue weighted by Gasteiger charge is 2.22. The van der Waals surface area contributed by atoms with Crippen molar-refractivity contribution in [3.8, 4) is 0 Å². The molecule has 0 saturated heterocycles. The molecule has 5 nitrogen and oxygen atoms in total. The number of pyridine rings is 1. The van der Waals surface area contributed by atoms with Crippen molar-refractivity contribution in [1.29, 1.82) is 0 Å². The molecule has 0 atom stereocenters. The molecule has 208 valence electrons. The smallest absolute Gasteiger partial charge is 0.155 e. The number of hydrogen-bond donors (Lipinski definition) is 2. The lowest BCUT2D eigenvalue weighted by molar-refractivity contribution is 0.614. The zero-order valence-electron chi connectivity index (χ0n) is 24.6. The maximum Gasteiger partial charge on any atom is 0.155 e. The Morgan fingerprint density at radius 3 is 2.30 bits per heavy atom. The van der Waals surface area contributed by atoms with Crippen molar-refractivity contribution < 1.29 is 0 Å². The lowest BCUT2D eigenvalue weighted by Crippen LogP contribution is -2.26. The summed E-state index contributed by atoms with van der Waals surface area (Å²) in [7, 11) is 0. The van der Waals surface area contributed by atoms with Crippen LogP contribution in [-0.4, -0.2) is 26.6 Å². The van der Waals surface area contributed by atoms with Crippen LogP contribution >= 0.6 is 0 Å². The predicted octanol–water partition coefficient (Wildman–Crippen LogP) is 8.23. The van der Waals surface area contributed by atoms with Crippen molar-refractivity contribution in [2.75, 3.05) is 11.9 Å². The molecule has 6 rings (SSSR count). The van der Waals surface area contributed by atoms with Crippen LogP contribution < -0.4 is 10.6 Å². The Morgan fingerprint density at radius 2 is 1.57 bits per heavy atom. The number of nitrogens with zero attached hydrogens (tertiary/aromatic N) is 3. The summed E-state index contributed by atoms with van der Waals surface area (Å²) in [6, 6.07) is 22.1. The van der Waals surface area contributed by atoms with Crippen molar-refractivity contribution in [2.24, 2.45) is 5.92 Å². The van der Waals surface area contributed by atoms with E-state index in [4.69, 9.17) is 9.97 Å². The highest BCUT2D eigenvalue weighted by Crippen LogP contribution is 2.34. The summed E-state index contributed by atoms with van der Waals surface area (Å²) in [6.45, 7) is 11.6. The molecule has 0 amide bonds. The van der Waals surface area contributed by atoms with Crippen LogP contribution in [0.5, 0.6) is 0 Å². The fourth-order valence-electron chi connectivity index (χ4n) is 5.84. The van der Waals surface area contributed by atoms with Gasteiger partial charge in [0.1, 0.15) is 11.3 Å². The number of fused-ring (bicyclic) bond motifs is 4. The molecule has 2 heterocycles. The van der Waals surface area contributed by atoms with Gasteiger partial charge in [0.05, 0.1) is 11.0 Å². The van der Waals surface area contributed by atoms with Crippen molar-refractivity contribution in [1.82, 2.24) is 19.9 Å². The molecule has 5 heteroatoms. The van der Waals surface area contributed by atoms with Gasteiger partial charge in [0.2, 0.25) is 0 Å². The molecule has 1 saturated carbocycles. The average Bonchev–Trinajstić information content (AvgIpc) is 3.70. The Kier molecular flexibility index (Phi) is 7.50. The molecule has 0 unspecified atom stereocenters. The summed E-state index contributed by atoms with van der Waals surface area (Å²) in [4.78, 5) is 10.3. The highest BCUT2D eigenvalue weighted by molar-refractivity contribution is 6.07. The molecule has 0 aliphatic heterocycles. The minimum absolute atomic E-state index is 0.117. The van der Waals surface area contributed by atoms with E-state index in [1.54, 1.807) is 0 Å². The zero-order chi connectivity index (χ0) is 27.7. The van der Waals surface area contributed by atoms with Gasteiger partial charge in [-0.05, 0) is 74.0 Å². The quantitative estimate of drug-likeness (QED) is 0.168. The number of anilines is 1. The molecule has 2 aromatic heterocycles. The summed E-state index contributed by atoms with van der Waals surface area (Å²) in [5.74, 6) is 2.97. The fourth-order valence-corrected chi connectivity index (χ4v) is 5.84. The van der Waals surface area contributed by atoms with Crippen LogP contribution in [0.2, 0.25) is 0 Å². The normalized spacial score (nSPS) is 14.0. The molecule has 1 aliphatic carbocycles. The van der Waals surface area contributed by atoms with E-state index in [1.165, 1.54) is 46.7 Å². The number of rotatable bonds is 11. The number of imidazole rings is 1. The monoisotopic (exact) mass is 533 g/mol. The second-order valence-electron chi connectivity index (χ2n) is 12.6. The van der Waals surface area contributed by atoms with Crippen LogP contribution in [0.25, 0.3) is 32.7 Å². The highest BCUT2D eigenvalue weighted by atomic mass is 15.1. The summed E-state index contributed by atoms with van der Waals surface area (Å²) >= 11 is 0. The number of unbranched alkanes of at least 4 members (excludes halogenated alkanes) is 1. The van der Waals surface area contributed by atoms with Crippen LogP contribution in [0.4, 0.5) is 5.82 Å². The number of benzene rings is 3. The van der Waals surface area contributed by atoms with Gasteiger partial charge in [0.25, 0.3) is 0 Å². The van der Waals surface area contributed by atoms with Gasteiger partial charge in [0.15, 0.2) is 5.82 Å². The molecule has 0 radical (unpaired) electrons. The van der Waals surface area contributed by atoms with Crippen molar-refractivity contribution in [2.45, 2.75) is 84.8 Å². The van der Waals surface area contributed by atoms with Crippen LogP contribution in [0, 0.1) is 5.92 Å². The van der Waals surface area contributed by atoms with E-state index in [9.17, 15) is 0 Å². The summed E-state index contributed by atoms with van der Waals surface area (Å²) < 4.78 is 2.47. The van der Waals surface area contributed by atoms with Crippen molar-refractivity contribution in [3.05, 3.63) is 77.6 Å². The van der Waals surface area contributed by atoms with E-state index in [-0.39, 0.29) is 5.54 Å². The third kappa shape index (κ3) is 5.71. The van der Waals surface area contributed by atoms with Crippen LogP contribution in [0.3, 0.4) is 0 Å². The third-order valence-electron chi connectivity index (χ3n) is 8.08. The van der Waals surface area contributed by atoms with Gasteiger partial charge in [0, 0.05) is 30.4 Å². The Hall–Kier alpha value is -3.44. The van der Waals surface area contributed by atoms with E-state index >= 15 is 0 Å². The van der Waals surface area contributed by atoms with Gasteiger partial charge in [-0.2, -0.15) is 0 Å². The fraction of sp³-hybridized carbons (Fsp3) is 0.429. The lowest BCUT2D eigenvalue weighted by Gasteiger charge is -2.22. The molecule has 1 aliphatic rings. The third-order valence-corrected chi connectivity index (χ3v) is 8.08. The summed E-state index contributed by atoms with van der Waals surface area (Å²) in [5.41, 5.74) is 5.75. The predicted molar refractivity (Wildman–Crippen MR) is 169 cm³/mol. The zero-order valence-corrected chi connectivity index (χ0v) is 24.6. The number of hydrogen-bond acceptors (Lipinski definition) is 4. The first-order chi connectivity index (χ1) is 19.4. The van der Waals surface area contributed by atoms with E-state index in [1.807, 2.05) is 0 Å². The van der Waals surface area contributed by atoms with E-state index in [0.717, 1.165) is 72.9 Å². The Bertz CT molecular complexity index is 1640. The van der Waals surface area contributed by atoms with Crippen molar-refractivity contribution >= 4 is 38.5 Å². The number of nitrogens with one attached hydrogen (secondary N) is 2. The molecule has 3 aromatic carbocycles. The van der Waals surface area contributed by atoms with Crippen LogP contribution in [-0.2, 0) is 19.5 Å². The molecule has 2 N–H and O–H groups in total. The first-order valence-corrected chi connectivity index (χ1v) is 15.2.